The minimum Gasteiger partial charge on any atom is -0.381 e. The van der Waals surface area contributed by atoms with Crippen molar-refractivity contribution in [2.24, 2.45) is 7.05 Å². The predicted octanol–water partition coefficient (Wildman–Crippen LogP) is 2.23. The maximum atomic E-state index is 14.2. The van der Waals surface area contributed by atoms with Crippen molar-refractivity contribution in [3.05, 3.63) is 99.1 Å². The highest BCUT2D eigenvalue weighted by molar-refractivity contribution is 6.04. The minimum absolute atomic E-state index is 0.0537. The molecule has 0 spiro atoms. The van der Waals surface area contributed by atoms with Crippen molar-refractivity contribution in [2.75, 3.05) is 5.73 Å². The summed E-state index contributed by atoms with van der Waals surface area (Å²) >= 11 is 0. The molecule has 0 saturated heterocycles. The number of H-pyrrole nitrogens is 1. The number of hydrogen-bond acceptors (Lipinski definition) is 8. The van der Waals surface area contributed by atoms with E-state index in [2.05, 4.69) is 42.3 Å². The molecule has 43 heavy (non-hydrogen) atoms. The molecule has 0 bridgehead atoms. The van der Waals surface area contributed by atoms with Crippen LogP contribution in [0.2, 0.25) is 0 Å². The van der Waals surface area contributed by atoms with E-state index in [4.69, 9.17) is 10.7 Å². The molecule has 1 aromatic carbocycles. The number of carbonyl (C=O) groups is 1. The van der Waals surface area contributed by atoms with Crippen molar-refractivity contribution in [1.29, 1.82) is 0 Å². The summed E-state index contributed by atoms with van der Waals surface area (Å²) in [6.07, 6.45) is 7.19. The summed E-state index contributed by atoms with van der Waals surface area (Å²) in [6, 6.07) is 6.49. The van der Waals surface area contributed by atoms with Crippen LogP contribution in [-0.4, -0.2) is 49.8 Å². The lowest BCUT2D eigenvalue weighted by atomic mass is 10.1. The van der Waals surface area contributed by atoms with Crippen LogP contribution < -0.4 is 16.6 Å². The molecular weight excluding hydrogens is 546 g/mol. The van der Waals surface area contributed by atoms with Crippen LogP contribution in [-0.2, 0) is 20.0 Å². The van der Waals surface area contributed by atoms with Crippen LogP contribution in [0.1, 0.15) is 57.4 Å². The highest BCUT2D eigenvalue weighted by Gasteiger charge is 2.24. The lowest BCUT2D eigenvalue weighted by Crippen LogP contribution is -2.34. The quantitative estimate of drug-likeness (QED) is 0.254. The van der Waals surface area contributed by atoms with Gasteiger partial charge in [-0.2, -0.15) is 5.10 Å². The van der Waals surface area contributed by atoms with Crippen LogP contribution in [0.15, 0.2) is 54.0 Å². The number of rotatable bonds is 6. The Kier molecular flexibility index (Phi) is 6.95. The van der Waals surface area contributed by atoms with Gasteiger partial charge in [-0.15, -0.1) is 5.10 Å². The number of imidazole rings is 1. The van der Waals surface area contributed by atoms with Gasteiger partial charge in [0.15, 0.2) is 11.5 Å². The second kappa shape index (κ2) is 10.9. The molecular formula is C30H29N11O2. The second-order valence-electron chi connectivity index (χ2n) is 10.3. The molecule has 0 saturated carbocycles. The molecule has 1 amide bonds. The van der Waals surface area contributed by atoms with E-state index in [1.165, 1.54) is 4.52 Å². The Morgan fingerprint density at radius 2 is 1.95 bits per heavy atom. The molecule has 13 nitrogen and oxygen atoms in total. The topological polar surface area (TPSA) is 167 Å². The first-order valence-electron chi connectivity index (χ1n) is 13.6. The molecule has 0 radical (unpaired) electrons. The number of hydrogen-bond donors (Lipinski definition) is 3. The van der Waals surface area contributed by atoms with E-state index in [-0.39, 0.29) is 16.9 Å². The molecule has 0 fully saturated rings. The lowest BCUT2D eigenvalue weighted by molar-refractivity contribution is 0.0939. The van der Waals surface area contributed by atoms with Crippen LogP contribution in [0.3, 0.4) is 0 Å². The average molecular weight is 576 g/mol. The fraction of sp³-hybridized carbons (Fsp3) is 0.233. The molecule has 1 atom stereocenters. The third-order valence-electron chi connectivity index (χ3n) is 7.35. The van der Waals surface area contributed by atoms with Crippen LogP contribution in [0, 0.1) is 25.7 Å². The molecule has 13 heteroatoms. The van der Waals surface area contributed by atoms with Crippen LogP contribution in [0.5, 0.6) is 0 Å². The van der Waals surface area contributed by atoms with E-state index in [9.17, 15) is 9.59 Å². The Hall–Kier alpha value is -5.77. The summed E-state index contributed by atoms with van der Waals surface area (Å²) in [5, 5.41) is 11.8. The van der Waals surface area contributed by atoms with E-state index >= 15 is 0 Å². The fourth-order valence-electron chi connectivity index (χ4n) is 4.93. The molecule has 6 rings (SSSR count). The number of fused-ring (bicyclic) bond motifs is 2. The number of nitrogens with zero attached hydrogens (tertiary/aromatic N) is 8. The third kappa shape index (κ3) is 5.10. The molecule has 0 unspecified atom stereocenters. The lowest BCUT2D eigenvalue weighted by Gasteiger charge is -2.20. The van der Waals surface area contributed by atoms with Gasteiger partial charge in [0, 0.05) is 49.4 Å². The molecule has 5 aromatic heterocycles. The van der Waals surface area contributed by atoms with Gasteiger partial charge >= 0.3 is 0 Å². The van der Waals surface area contributed by atoms with Gasteiger partial charge in [0.25, 0.3) is 11.5 Å². The minimum atomic E-state index is -0.668. The number of nitrogens with one attached hydrogen (secondary N) is 2. The smallest absolute Gasteiger partial charge is 0.262 e. The summed E-state index contributed by atoms with van der Waals surface area (Å²) in [5.41, 5.74) is 10.7. The number of nitrogen functional groups attached to an aromatic ring is 1. The van der Waals surface area contributed by atoms with E-state index in [1.54, 1.807) is 59.3 Å². The number of nitrogens with two attached hydrogens (primary N) is 1. The monoisotopic (exact) mass is 575 g/mol. The first-order chi connectivity index (χ1) is 20.7. The normalized spacial score (nSPS) is 11.9. The summed E-state index contributed by atoms with van der Waals surface area (Å²) in [5.74, 6) is 6.26. The second-order valence-corrected chi connectivity index (χ2v) is 10.3. The summed E-state index contributed by atoms with van der Waals surface area (Å²) < 4.78 is 4.79. The van der Waals surface area contributed by atoms with Crippen molar-refractivity contribution in [1.82, 2.24) is 49.2 Å². The first kappa shape index (κ1) is 27.4. The zero-order valence-electron chi connectivity index (χ0n) is 24.1. The Labute approximate surface area is 245 Å². The van der Waals surface area contributed by atoms with Gasteiger partial charge in [0.2, 0.25) is 0 Å². The van der Waals surface area contributed by atoms with E-state index in [0.717, 1.165) is 22.6 Å². The standard InChI is InChI=1S/C30H29N11O2/c1-17-10-13-41-28(35-17)25(26(31)38-41)29(42)36-18(2)27-37-23-7-5-6-20(8-9-21-14-34-39(4)19(21)3)24(23)30(43)40(27)12-11-22-15-32-16-33-22/h5-7,10,13-16,18H,11-12H2,1-4H3,(H2,31,38)(H,32,33)(H,36,42)/t18-/m0/s1. The van der Waals surface area contributed by atoms with E-state index in [1.807, 2.05) is 27.0 Å². The summed E-state index contributed by atoms with van der Waals surface area (Å²) in [4.78, 5) is 44.1. The molecule has 0 aliphatic rings. The number of aromatic nitrogens is 9. The van der Waals surface area contributed by atoms with Gasteiger partial charge in [-0.3, -0.25) is 18.8 Å². The SMILES string of the molecule is Cc1ccn2nc(N)c(C(=O)N[C@@H](C)c3nc4cccc(C#Cc5cnn(C)c5C)c4c(=O)n3CCc3cnc[nH]3)c2n1. The summed E-state index contributed by atoms with van der Waals surface area (Å²) in [6.45, 7) is 5.82. The van der Waals surface area contributed by atoms with Crippen molar-refractivity contribution in [2.45, 2.75) is 39.8 Å². The Morgan fingerprint density at radius 3 is 2.70 bits per heavy atom. The highest BCUT2D eigenvalue weighted by atomic mass is 16.2. The van der Waals surface area contributed by atoms with Gasteiger partial charge < -0.3 is 16.0 Å². The van der Waals surface area contributed by atoms with Crippen molar-refractivity contribution < 1.29 is 4.79 Å². The molecule has 4 N–H and O–H groups in total. The fourth-order valence-corrected chi connectivity index (χ4v) is 4.93. The van der Waals surface area contributed by atoms with Gasteiger partial charge in [0.1, 0.15) is 11.4 Å². The molecule has 6 aromatic rings. The van der Waals surface area contributed by atoms with E-state index < -0.39 is 11.9 Å². The van der Waals surface area contributed by atoms with Crippen molar-refractivity contribution in [3.63, 3.8) is 0 Å². The van der Waals surface area contributed by atoms with Crippen LogP contribution >= 0.6 is 0 Å². The average Bonchev–Trinajstić information content (AvgIpc) is 3.70. The number of amides is 1. The van der Waals surface area contributed by atoms with Gasteiger partial charge in [-0.25, -0.2) is 19.5 Å². The predicted molar refractivity (Wildman–Crippen MR) is 160 cm³/mol. The largest absolute Gasteiger partial charge is 0.381 e. The van der Waals surface area contributed by atoms with Crippen LogP contribution in [0.25, 0.3) is 16.6 Å². The zero-order valence-corrected chi connectivity index (χ0v) is 24.1. The van der Waals surface area contributed by atoms with Gasteiger partial charge in [-0.1, -0.05) is 17.9 Å². The molecule has 216 valence electrons. The van der Waals surface area contributed by atoms with Crippen molar-refractivity contribution in [3.8, 4) is 11.8 Å². The molecule has 0 aliphatic heterocycles. The zero-order chi connectivity index (χ0) is 30.2. The Balaban J connectivity index is 1.42. The van der Waals surface area contributed by atoms with Crippen LogP contribution in [0.4, 0.5) is 5.82 Å². The number of aryl methyl sites for hydroxylation is 3. The maximum absolute atomic E-state index is 14.2. The molecule has 5 heterocycles. The Morgan fingerprint density at radius 1 is 1.14 bits per heavy atom. The number of carbonyl (C=O) groups excluding carboxylic acids is 1. The number of benzene rings is 1. The van der Waals surface area contributed by atoms with E-state index in [0.29, 0.717) is 40.9 Å². The Bertz CT molecular complexity index is 2120. The van der Waals surface area contributed by atoms with Gasteiger partial charge in [-0.05, 0) is 39.0 Å². The summed E-state index contributed by atoms with van der Waals surface area (Å²) in [7, 11) is 1.85. The third-order valence-corrected chi connectivity index (χ3v) is 7.35. The van der Waals surface area contributed by atoms with Gasteiger partial charge in [0.05, 0.1) is 40.7 Å². The number of aromatic amines is 1. The highest BCUT2D eigenvalue weighted by Crippen LogP contribution is 2.21. The number of anilines is 1. The first-order valence-corrected chi connectivity index (χ1v) is 13.6. The molecule has 0 aliphatic carbocycles. The van der Waals surface area contributed by atoms with Crippen molar-refractivity contribution >= 4 is 28.3 Å². The maximum Gasteiger partial charge on any atom is 0.262 e.